The highest BCUT2D eigenvalue weighted by Gasteiger charge is 2.14. The van der Waals surface area contributed by atoms with Gasteiger partial charge in [0, 0.05) is 11.8 Å². The molecule has 92 valence electrons. The van der Waals surface area contributed by atoms with Gasteiger partial charge in [0.25, 0.3) is 0 Å². The molecule has 0 aliphatic heterocycles. The maximum absolute atomic E-state index is 11.1. The molecule has 5 nitrogen and oxygen atoms in total. The topological polar surface area (TPSA) is 72.3 Å². The van der Waals surface area contributed by atoms with Crippen molar-refractivity contribution in [3.8, 4) is 17.0 Å². The Kier molecular flexibility index (Phi) is 3.23. The van der Waals surface area contributed by atoms with Crippen LogP contribution in [0.25, 0.3) is 11.3 Å². The molecule has 0 aliphatic carbocycles. The SMILES string of the molecule is COc1ccc(-c2nc(C)ncc2C(=O)O)cc1. The molecule has 5 heteroatoms. The zero-order chi connectivity index (χ0) is 13.1. The van der Waals surface area contributed by atoms with E-state index in [1.165, 1.54) is 6.20 Å². The molecule has 2 rings (SSSR count). The monoisotopic (exact) mass is 244 g/mol. The van der Waals surface area contributed by atoms with Gasteiger partial charge in [0.15, 0.2) is 0 Å². The second-order valence-electron chi connectivity index (χ2n) is 3.71. The van der Waals surface area contributed by atoms with Crippen molar-refractivity contribution in [2.75, 3.05) is 7.11 Å². The van der Waals surface area contributed by atoms with Crippen molar-refractivity contribution in [3.05, 3.63) is 41.9 Å². The molecule has 0 bridgehead atoms. The summed E-state index contributed by atoms with van der Waals surface area (Å²) in [6, 6.07) is 7.07. The number of hydrogen-bond donors (Lipinski definition) is 1. The van der Waals surface area contributed by atoms with Crippen LogP contribution in [-0.4, -0.2) is 28.2 Å². The predicted molar refractivity (Wildman–Crippen MR) is 65.7 cm³/mol. The number of carboxylic acid groups (broad SMARTS) is 1. The van der Waals surface area contributed by atoms with Gasteiger partial charge in [0.2, 0.25) is 0 Å². The van der Waals surface area contributed by atoms with E-state index in [0.717, 1.165) is 5.56 Å². The van der Waals surface area contributed by atoms with Crippen molar-refractivity contribution < 1.29 is 14.6 Å². The minimum atomic E-state index is -1.04. The minimum absolute atomic E-state index is 0.0887. The number of benzene rings is 1. The van der Waals surface area contributed by atoms with Crippen LogP contribution >= 0.6 is 0 Å². The number of carbonyl (C=O) groups is 1. The van der Waals surface area contributed by atoms with Crippen molar-refractivity contribution in [3.63, 3.8) is 0 Å². The average molecular weight is 244 g/mol. The number of carboxylic acids is 1. The van der Waals surface area contributed by atoms with Gasteiger partial charge >= 0.3 is 5.97 Å². The Labute approximate surface area is 104 Å². The Bertz CT molecular complexity index is 579. The van der Waals surface area contributed by atoms with Crippen LogP contribution in [0.3, 0.4) is 0 Å². The van der Waals surface area contributed by atoms with Crippen LogP contribution in [0.15, 0.2) is 30.5 Å². The molecular weight excluding hydrogens is 232 g/mol. The number of aromatic carboxylic acids is 1. The Morgan fingerprint density at radius 2 is 1.94 bits per heavy atom. The van der Waals surface area contributed by atoms with Crippen molar-refractivity contribution in [2.24, 2.45) is 0 Å². The van der Waals surface area contributed by atoms with Crippen molar-refractivity contribution >= 4 is 5.97 Å². The quantitative estimate of drug-likeness (QED) is 0.895. The Morgan fingerprint density at radius 3 is 2.50 bits per heavy atom. The molecule has 0 saturated carbocycles. The molecule has 1 N–H and O–H groups in total. The van der Waals surface area contributed by atoms with Gasteiger partial charge in [-0.2, -0.15) is 0 Å². The van der Waals surface area contributed by atoms with Crippen LogP contribution in [0.2, 0.25) is 0 Å². The summed E-state index contributed by atoms with van der Waals surface area (Å²) in [7, 11) is 1.58. The Hall–Kier alpha value is -2.43. The summed E-state index contributed by atoms with van der Waals surface area (Å²) >= 11 is 0. The molecule has 0 unspecified atom stereocenters. The molecule has 0 aliphatic rings. The lowest BCUT2D eigenvalue weighted by atomic mass is 10.1. The molecule has 1 aromatic heterocycles. The van der Waals surface area contributed by atoms with Crippen LogP contribution in [0, 0.1) is 6.92 Å². The first-order chi connectivity index (χ1) is 8.61. The number of nitrogens with zero attached hydrogens (tertiary/aromatic N) is 2. The van der Waals surface area contributed by atoms with Crippen molar-refractivity contribution in [2.45, 2.75) is 6.92 Å². The highest BCUT2D eigenvalue weighted by molar-refractivity contribution is 5.94. The smallest absolute Gasteiger partial charge is 0.339 e. The first-order valence-corrected chi connectivity index (χ1v) is 5.33. The van der Waals surface area contributed by atoms with Gasteiger partial charge in [-0.05, 0) is 31.2 Å². The molecule has 1 heterocycles. The standard InChI is InChI=1S/C13H12N2O3/c1-8-14-7-11(13(16)17)12(15-8)9-3-5-10(18-2)6-4-9/h3-7H,1-2H3,(H,16,17). The molecule has 0 saturated heterocycles. The lowest BCUT2D eigenvalue weighted by Crippen LogP contribution is -2.04. The molecule has 2 aromatic rings. The third kappa shape index (κ3) is 2.29. The molecule has 0 amide bonds. The zero-order valence-electron chi connectivity index (χ0n) is 10.0. The normalized spacial score (nSPS) is 10.1. The van der Waals surface area contributed by atoms with Gasteiger partial charge in [0.1, 0.15) is 17.1 Å². The Balaban J connectivity index is 2.54. The van der Waals surface area contributed by atoms with Gasteiger partial charge < -0.3 is 9.84 Å². The summed E-state index contributed by atoms with van der Waals surface area (Å²) in [5, 5.41) is 9.11. The molecule has 18 heavy (non-hydrogen) atoms. The van der Waals surface area contributed by atoms with Gasteiger partial charge in [-0.1, -0.05) is 0 Å². The van der Waals surface area contributed by atoms with Crippen LogP contribution < -0.4 is 4.74 Å². The fourth-order valence-corrected chi connectivity index (χ4v) is 1.60. The molecular formula is C13H12N2O3. The predicted octanol–water partition coefficient (Wildman–Crippen LogP) is 2.16. The van der Waals surface area contributed by atoms with Crippen molar-refractivity contribution in [1.29, 1.82) is 0 Å². The van der Waals surface area contributed by atoms with Crippen LogP contribution in [0.5, 0.6) is 5.75 Å². The first kappa shape index (κ1) is 12.0. The average Bonchev–Trinajstić information content (AvgIpc) is 2.38. The van der Waals surface area contributed by atoms with Gasteiger partial charge in [-0.3, -0.25) is 0 Å². The lowest BCUT2D eigenvalue weighted by molar-refractivity contribution is 0.0697. The van der Waals surface area contributed by atoms with E-state index in [1.807, 2.05) is 0 Å². The highest BCUT2D eigenvalue weighted by atomic mass is 16.5. The van der Waals surface area contributed by atoms with E-state index >= 15 is 0 Å². The molecule has 0 radical (unpaired) electrons. The fourth-order valence-electron chi connectivity index (χ4n) is 1.60. The van der Waals surface area contributed by atoms with E-state index in [1.54, 1.807) is 38.3 Å². The number of aromatic nitrogens is 2. The lowest BCUT2D eigenvalue weighted by Gasteiger charge is -2.06. The van der Waals surface area contributed by atoms with E-state index in [9.17, 15) is 4.79 Å². The van der Waals surface area contributed by atoms with Crippen LogP contribution in [-0.2, 0) is 0 Å². The van der Waals surface area contributed by atoms with Crippen LogP contribution in [0.1, 0.15) is 16.2 Å². The van der Waals surface area contributed by atoms with E-state index in [4.69, 9.17) is 9.84 Å². The van der Waals surface area contributed by atoms with E-state index in [2.05, 4.69) is 9.97 Å². The maximum Gasteiger partial charge on any atom is 0.339 e. The van der Waals surface area contributed by atoms with E-state index in [-0.39, 0.29) is 5.56 Å². The largest absolute Gasteiger partial charge is 0.497 e. The summed E-state index contributed by atoms with van der Waals surface area (Å²) in [6.45, 7) is 1.72. The molecule has 1 aromatic carbocycles. The van der Waals surface area contributed by atoms with Gasteiger partial charge in [0.05, 0.1) is 12.8 Å². The number of aryl methyl sites for hydroxylation is 1. The number of ether oxygens (including phenoxy) is 1. The number of hydrogen-bond acceptors (Lipinski definition) is 4. The number of methoxy groups -OCH3 is 1. The summed E-state index contributed by atoms with van der Waals surface area (Å²) < 4.78 is 5.06. The van der Waals surface area contributed by atoms with Crippen LogP contribution in [0.4, 0.5) is 0 Å². The molecule has 0 spiro atoms. The van der Waals surface area contributed by atoms with Gasteiger partial charge in [-0.25, -0.2) is 14.8 Å². The second kappa shape index (κ2) is 4.83. The zero-order valence-corrected chi connectivity index (χ0v) is 10.0. The third-order valence-electron chi connectivity index (χ3n) is 2.50. The third-order valence-corrected chi connectivity index (χ3v) is 2.50. The summed E-state index contributed by atoms with van der Waals surface area (Å²) in [5.41, 5.74) is 1.22. The maximum atomic E-state index is 11.1. The Morgan fingerprint density at radius 1 is 1.28 bits per heavy atom. The minimum Gasteiger partial charge on any atom is -0.497 e. The number of rotatable bonds is 3. The first-order valence-electron chi connectivity index (χ1n) is 5.33. The molecule has 0 fully saturated rings. The summed E-state index contributed by atoms with van der Waals surface area (Å²) in [5.74, 6) is 0.202. The fraction of sp³-hybridized carbons (Fsp3) is 0.154. The molecule has 0 atom stereocenters. The summed E-state index contributed by atoms with van der Waals surface area (Å²) in [6.07, 6.45) is 1.32. The van der Waals surface area contributed by atoms with Gasteiger partial charge in [-0.15, -0.1) is 0 Å². The van der Waals surface area contributed by atoms with E-state index in [0.29, 0.717) is 17.3 Å². The summed E-state index contributed by atoms with van der Waals surface area (Å²) in [4.78, 5) is 19.2. The highest BCUT2D eigenvalue weighted by Crippen LogP contribution is 2.23. The van der Waals surface area contributed by atoms with Crippen molar-refractivity contribution in [1.82, 2.24) is 9.97 Å². The second-order valence-corrected chi connectivity index (χ2v) is 3.71. The van der Waals surface area contributed by atoms with E-state index < -0.39 is 5.97 Å².